The summed E-state index contributed by atoms with van der Waals surface area (Å²) in [6, 6.07) is 13.4. The number of methoxy groups -OCH3 is 2. The minimum atomic E-state index is -0.735. The molecule has 1 unspecified atom stereocenters. The maximum atomic E-state index is 12.7. The van der Waals surface area contributed by atoms with Crippen molar-refractivity contribution in [2.75, 3.05) is 33.2 Å². The zero-order valence-corrected chi connectivity index (χ0v) is 20.0. The van der Waals surface area contributed by atoms with Gasteiger partial charge in [0, 0.05) is 17.9 Å². The molecule has 2 aromatic carbocycles. The largest absolute Gasteiger partial charge is 0.497 e. The van der Waals surface area contributed by atoms with Gasteiger partial charge in [0.15, 0.2) is 22.5 Å². The average Bonchev–Trinajstić information content (AvgIpc) is 3.27. The molecule has 2 N–H and O–H groups in total. The summed E-state index contributed by atoms with van der Waals surface area (Å²) in [6.07, 6.45) is 1.71. The zero-order chi connectivity index (χ0) is 24.3. The van der Waals surface area contributed by atoms with Crippen molar-refractivity contribution in [2.45, 2.75) is 17.7 Å². The van der Waals surface area contributed by atoms with Crippen LogP contribution < -0.4 is 19.5 Å². The number of aliphatic hydroxyl groups is 1. The Labute approximate surface area is 202 Å². The third-order valence-corrected chi connectivity index (χ3v) is 5.78. The second kappa shape index (κ2) is 12.7. The van der Waals surface area contributed by atoms with Crippen LogP contribution in [0.15, 0.2) is 66.3 Å². The molecule has 0 fully saturated rings. The third-order valence-electron chi connectivity index (χ3n) is 4.85. The van der Waals surface area contributed by atoms with Gasteiger partial charge in [0.1, 0.15) is 11.8 Å². The Bertz CT molecular complexity index is 1090. The van der Waals surface area contributed by atoms with Crippen molar-refractivity contribution in [1.82, 2.24) is 20.1 Å². The number of hydrogen-bond donors (Lipinski definition) is 2. The summed E-state index contributed by atoms with van der Waals surface area (Å²) in [4.78, 5) is 12.7. The molecule has 0 radical (unpaired) electrons. The monoisotopic (exact) mass is 484 g/mol. The number of para-hydroxylation sites is 2. The number of amides is 1. The number of carbonyl (C=O) groups is 1. The van der Waals surface area contributed by atoms with Gasteiger partial charge in [-0.25, -0.2) is 0 Å². The zero-order valence-electron chi connectivity index (χ0n) is 19.1. The van der Waals surface area contributed by atoms with Crippen molar-refractivity contribution < 1.29 is 24.1 Å². The van der Waals surface area contributed by atoms with Crippen LogP contribution in [0.5, 0.6) is 17.2 Å². The molecular formula is C24H28N4O5S. The van der Waals surface area contributed by atoms with Gasteiger partial charge in [-0.05, 0) is 36.4 Å². The number of carbonyl (C=O) groups excluding carboxylic acids is 1. The van der Waals surface area contributed by atoms with Crippen LogP contribution >= 0.6 is 11.8 Å². The van der Waals surface area contributed by atoms with E-state index in [2.05, 4.69) is 22.1 Å². The second-order valence-corrected chi connectivity index (χ2v) is 8.09. The summed E-state index contributed by atoms with van der Waals surface area (Å²) in [7, 11) is 3.16. The summed E-state index contributed by atoms with van der Waals surface area (Å²) in [5.41, 5.74) is 0.442. The smallest absolute Gasteiger partial charge is 0.251 e. The molecule has 3 aromatic rings. The van der Waals surface area contributed by atoms with Gasteiger partial charge in [-0.15, -0.1) is 16.8 Å². The van der Waals surface area contributed by atoms with Gasteiger partial charge in [-0.1, -0.05) is 30.0 Å². The van der Waals surface area contributed by atoms with Crippen molar-refractivity contribution in [3.05, 3.63) is 72.6 Å². The van der Waals surface area contributed by atoms with Crippen LogP contribution in [0.1, 0.15) is 22.2 Å². The minimum Gasteiger partial charge on any atom is -0.497 e. The summed E-state index contributed by atoms with van der Waals surface area (Å²) in [5.74, 6) is 2.70. The van der Waals surface area contributed by atoms with E-state index in [1.807, 2.05) is 28.8 Å². The van der Waals surface area contributed by atoms with E-state index in [4.69, 9.17) is 14.2 Å². The topological polar surface area (TPSA) is 108 Å². The Kier molecular flexibility index (Phi) is 9.36. The normalized spacial score (nSPS) is 11.5. The van der Waals surface area contributed by atoms with Crippen LogP contribution in [0.4, 0.5) is 0 Å². The lowest BCUT2D eigenvalue weighted by Crippen LogP contribution is -2.33. The Morgan fingerprint density at radius 1 is 1.15 bits per heavy atom. The Balaban J connectivity index is 1.66. The molecule has 1 amide bonds. The fraction of sp³-hybridized carbons (Fsp3) is 0.292. The summed E-state index contributed by atoms with van der Waals surface area (Å²) >= 11 is 1.46. The average molecular weight is 485 g/mol. The van der Waals surface area contributed by atoms with Crippen LogP contribution in [-0.2, 0) is 6.54 Å². The lowest BCUT2D eigenvalue weighted by molar-refractivity contribution is 0.0911. The molecule has 1 aromatic heterocycles. The number of rotatable bonds is 13. The summed E-state index contributed by atoms with van der Waals surface area (Å²) in [5, 5.41) is 21.9. The van der Waals surface area contributed by atoms with Gasteiger partial charge in [0.05, 0.1) is 27.4 Å². The maximum Gasteiger partial charge on any atom is 0.251 e. The van der Waals surface area contributed by atoms with E-state index in [1.165, 1.54) is 11.8 Å². The fourth-order valence-electron chi connectivity index (χ4n) is 3.16. The molecule has 0 spiro atoms. The highest BCUT2D eigenvalue weighted by atomic mass is 32.2. The quantitative estimate of drug-likeness (QED) is 0.216. The molecule has 9 nitrogen and oxygen atoms in total. The van der Waals surface area contributed by atoms with Crippen LogP contribution in [0, 0.1) is 0 Å². The van der Waals surface area contributed by atoms with E-state index in [1.54, 1.807) is 44.6 Å². The number of nitrogens with one attached hydrogen (secondary N) is 1. The van der Waals surface area contributed by atoms with Gasteiger partial charge in [-0.2, -0.15) is 0 Å². The summed E-state index contributed by atoms with van der Waals surface area (Å²) < 4.78 is 18.0. The van der Waals surface area contributed by atoms with Crippen molar-refractivity contribution >= 4 is 17.7 Å². The molecule has 0 saturated heterocycles. The SMILES string of the molecule is C=CCn1c(SCCOc2ccccc2OC)nnc1C(CO)NC(=O)c1ccc(OC)cc1. The Morgan fingerprint density at radius 3 is 2.53 bits per heavy atom. The van der Waals surface area contributed by atoms with Gasteiger partial charge in [0.2, 0.25) is 0 Å². The molecule has 10 heteroatoms. The third kappa shape index (κ3) is 6.30. The highest BCUT2D eigenvalue weighted by molar-refractivity contribution is 7.99. The van der Waals surface area contributed by atoms with E-state index in [-0.39, 0.29) is 12.5 Å². The first-order valence-corrected chi connectivity index (χ1v) is 11.6. The van der Waals surface area contributed by atoms with E-state index in [0.29, 0.717) is 52.7 Å². The van der Waals surface area contributed by atoms with Crippen molar-refractivity contribution in [2.24, 2.45) is 0 Å². The fourth-order valence-corrected chi connectivity index (χ4v) is 3.94. The van der Waals surface area contributed by atoms with Crippen LogP contribution in [0.2, 0.25) is 0 Å². The van der Waals surface area contributed by atoms with Gasteiger partial charge in [0.25, 0.3) is 5.91 Å². The molecule has 1 heterocycles. The molecule has 0 aliphatic carbocycles. The first-order chi connectivity index (χ1) is 16.6. The number of aromatic nitrogens is 3. The molecule has 1 atom stereocenters. The summed E-state index contributed by atoms with van der Waals surface area (Å²) in [6.45, 7) is 4.32. The lowest BCUT2D eigenvalue weighted by Gasteiger charge is -2.17. The van der Waals surface area contributed by atoms with Gasteiger partial charge in [-0.3, -0.25) is 4.79 Å². The number of aliphatic hydroxyl groups excluding tert-OH is 1. The predicted octanol–water partition coefficient (Wildman–Crippen LogP) is 3.12. The number of benzene rings is 2. The lowest BCUT2D eigenvalue weighted by atomic mass is 10.2. The first-order valence-electron chi connectivity index (χ1n) is 10.6. The second-order valence-electron chi connectivity index (χ2n) is 7.02. The standard InChI is InChI=1S/C24H28N4O5S/c1-4-13-28-22(19(16-29)25-23(30)17-9-11-18(31-2)12-10-17)26-27-24(28)34-15-14-33-21-8-6-5-7-20(21)32-3/h4-12,19,29H,1,13-16H2,2-3H3,(H,25,30). The molecule has 0 aliphatic heterocycles. The maximum absolute atomic E-state index is 12.7. The van der Waals surface area contributed by atoms with E-state index in [0.717, 1.165) is 0 Å². The number of allylic oxidation sites excluding steroid dienone is 1. The first kappa shape index (κ1) is 25.1. The highest BCUT2D eigenvalue weighted by Gasteiger charge is 2.23. The van der Waals surface area contributed by atoms with Crippen molar-refractivity contribution in [3.63, 3.8) is 0 Å². The minimum absolute atomic E-state index is 0.335. The van der Waals surface area contributed by atoms with Crippen molar-refractivity contribution in [1.29, 1.82) is 0 Å². The molecular weight excluding hydrogens is 456 g/mol. The van der Waals surface area contributed by atoms with E-state index in [9.17, 15) is 9.90 Å². The molecule has 180 valence electrons. The molecule has 0 aliphatic rings. The molecule has 3 rings (SSSR count). The van der Waals surface area contributed by atoms with E-state index >= 15 is 0 Å². The van der Waals surface area contributed by atoms with Gasteiger partial charge < -0.3 is 29.2 Å². The Hall–Kier alpha value is -3.50. The highest BCUT2D eigenvalue weighted by Crippen LogP contribution is 2.27. The van der Waals surface area contributed by atoms with Crippen LogP contribution in [0.25, 0.3) is 0 Å². The number of hydrogen-bond acceptors (Lipinski definition) is 8. The predicted molar refractivity (Wildman–Crippen MR) is 130 cm³/mol. The number of ether oxygens (including phenoxy) is 3. The number of thioether (sulfide) groups is 1. The van der Waals surface area contributed by atoms with Crippen LogP contribution in [-0.4, -0.2) is 59.0 Å². The van der Waals surface area contributed by atoms with Gasteiger partial charge >= 0.3 is 0 Å². The Morgan fingerprint density at radius 2 is 1.88 bits per heavy atom. The van der Waals surface area contributed by atoms with Crippen LogP contribution in [0.3, 0.4) is 0 Å². The number of nitrogens with zero attached hydrogens (tertiary/aromatic N) is 3. The molecule has 0 bridgehead atoms. The van der Waals surface area contributed by atoms with E-state index < -0.39 is 6.04 Å². The van der Waals surface area contributed by atoms with Crippen molar-refractivity contribution in [3.8, 4) is 17.2 Å². The molecule has 0 saturated carbocycles. The molecule has 34 heavy (non-hydrogen) atoms.